The van der Waals surface area contributed by atoms with Crippen LogP contribution in [0.25, 0.3) is 0 Å². The lowest BCUT2D eigenvalue weighted by molar-refractivity contribution is -0.319. The van der Waals surface area contributed by atoms with Crippen LogP contribution in [0.1, 0.15) is 111 Å². The Bertz CT molecular complexity index is 1310. The number of esters is 3. The summed E-state index contributed by atoms with van der Waals surface area (Å²) in [4.78, 5) is 50.7. The van der Waals surface area contributed by atoms with Crippen LogP contribution in [-0.4, -0.2) is 52.9 Å². The second kappa shape index (κ2) is 13.9. The summed E-state index contributed by atoms with van der Waals surface area (Å²) in [5.41, 5.74) is -1.93. The lowest BCUT2D eigenvalue weighted by Crippen LogP contribution is -2.59. The van der Waals surface area contributed by atoms with Gasteiger partial charge in [-0.25, -0.2) is 0 Å². The Labute approximate surface area is 275 Å². The third-order valence-corrected chi connectivity index (χ3v) is 9.47. The summed E-state index contributed by atoms with van der Waals surface area (Å²) in [6, 6.07) is 18.9. The highest BCUT2D eigenvalue weighted by Gasteiger charge is 2.71. The van der Waals surface area contributed by atoms with Crippen molar-refractivity contribution in [2.45, 2.75) is 117 Å². The molecule has 0 bridgehead atoms. The van der Waals surface area contributed by atoms with E-state index in [1.165, 1.54) is 0 Å². The molecule has 2 aliphatic rings. The van der Waals surface area contributed by atoms with E-state index in [2.05, 4.69) is 32.8 Å². The van der Waals surface area contributed by atoms with Crippen molar-refractivity contribution in [3.05, 3.63) is 71.8 Å². The first-order chi connectivity index (χ1) is 21.6. The minimum absolute atomic E-state index is 0.0500. The predicted molar refractivity (Wildman–Crippen MR) is 176 cm³/mol. The Balaban J connectivity index is 2.04. The van der Waals surface area contributed by atoms with Crippen molar-refractivity contribution in [1.82, 2.24) is 5.06 Å². The average Bonchev–Trinajstić information content (AvgIpc) is 3.34. The third-order valence-electron chi connectivity index (χ3n) is 9.47. The van der Waals surface area contributed by atoms with Crippen LogP contribution in [0, 0.1) is 17.3 Å². The van der Waals surface area contributed by atoms with Crippen LogP contribution in [-0.2, 0) is 33.4 Å². The van der Waals surface area contributed by atoms with Gasteiger partial charge in [-0.1, -0.05) is 60.7 Å². The molecule has 0 amide bonds. The number of ether oxygens (including phenoxy) is 3. The highest BCUT2D eigenvalue weighted by atomic mass is 16.7. The van der Waals surface area contributed by atoms with Crippen LogP contribution in [0.3, 0.4) is 0 Å². The standard InChI is InChI=1S/C38H53NO7/c1-10-43-33(41)38(34(42)44-11-2)29(25-28(32(40)45-35(3,4)5)30(38)26-19-14-12-15-20-26)31(27-21-16-13-17-22-27)46-39-36(6,7)23-18-24-37(39,8)9/h12-17,19-22,28-31H,10-11,18,23-25H2,1-9H3/t28-,29-,30-,31+/m1/s1. The SMILES string of the molecule is CCOC(=O)C1(C(=O)OCC)[C@@H]([C@@H](ON2C(C)(C)CCCC2(C)C)c2ccccc2)C[C@@H](C(=O)OC(C)(C)C)[C@H]1c1ccccc1. The van der Waals surface area contributed by atoms with Crippen LogP contribution in [0.15, 0.2) is 60.7 Å². The van der Waals surface area contributed by atoms with E-state index >= 15 is 0 Å². The molecule has 1 saturated carbocycles. The molecule has 1 heterocycles. The molecule has 8 heteroatoms. The predicted octanol–water partition coefficient (Wildman–Crippen LogP) is 7.58. The number of hydroxylamine groups is 2. The maximum absolute atomic E-state index is 14.7. The van der Waals surface area contributed by atoms with E-state index in [4.69, 9.17) is 19.0 Å². The van der Waals surface area contributed by atoms with Crippen molar-refractivity contribution in [3.8, 4) is 0 Å². The summed E-state index contributed by atoms with van der Waals surface area (Å²) in [5.74, 6) is -4.56. The lowest BCUT2D eigenvalue weighted by Gasteiger charge is -2.53. The number of carbonyl (C=O) groups excluding carboxylic acids is 3. The first kappa shape index (κ1) is 35.6. The van der Waals surface area contributed by atoms with Crippen LogP contribution in [0.2, 0.25) is 0 Å². The molecule has 2 aromatic rings. The Hall–Kier alpha value is -3.23. The molecule has 0 spiro atoms. The molecule has 1 saturated heterocycles. The van der Waals surface area contributed by atoms with Gasteiger partial charge in [0.25, 0.3) is 0 Å². The molecular formula is C38H53NO7. The third kappa shape index (κ3) is 7.03. The quantitative estimate of drug-likeness (QED) is 0.150. The van der Waals surface area contributed by atoms with E-state index in [-0.39, 0.29) is 30.7 Å². The molecule has 0 unspecified atom stereocenters. The molecule has 2 fully saturated rings. The zero-order valence-electron chi connectivity index (χ0n) is 29.1. The Morgan fingerprint density at radius 3 is 1.80 bits per heavy atom. The van der Waals surface area contributed by atoms with Gasteiger partial charge in [0.15, 0.2) is 5.41 Å². The molecule has 252 valence electrons. The molecule has 4 atom stereocenters. The van der Waals surface area contributed by atoms with Gasteiger partial charge < -0.3 is 14.2 Å². The smallest absolute Gasteiger partial charge is 0.324 e. The molecule has 1 aliphatic heterocycles. The van der Waals surface area contributed by atoms with Crippen molar-refractivity contribution in [1.29, 1.82) is 0 Å². The topological polar surface area (TPSA) is 91.4 Å². The molecular weight excluding hydrogens is 582 g/mol. The summed E-state index contributed by atoms with van der Waals surface area (Å²) >= 11 is 0. The summed E-state index contributed by atoms with van der Waals surface area (Å²) in [6.45, 7) is 17.6. The van der Waals surface area contributed by atoms with Gasteiger partial charge in [0, 0.05) is 22.9 Å². The summed E-state index contributed by atoms with van der Waals surface area (Å²) in [7, 11) is 0. The second-order valence-corrected chi connectivity index (χ2v) is 14.9. The first-order valence-electron chi connectivity index (χ1n) is 16.7. The molecule has 8 nitrogen and oxygen atoms in total. The highest BCUT2D eigenvalue weighted by molar-refractivity contribution is 6.03. The number of hydrogen-bond acceptors (Lipinski definition) is 8. The first-order valence-corrected chi connectivity index (χ1v) is 16.7. The average molecular weight is 636 g/mol. The number of rotatable bonds is 10. The van der Waals surface area contributed by atoms with E-state index in [9.17, 15) is 14.4 Å². The van der Waals surface area contributed by atoms with E-state index in [0.29, 0.717) is 5.56 Å². The minimum Gasteiger partial charge on any atom is -0.465 e. The fourth-order valence-electron chi connectivity index (χ4n) is 7.80. The van der Waals surface area contributed by atoms with Crippen molar-refractivity contribution < 1.29 is 33.4 Å². The maximum Gasteiger partial charge on any atom is 0.324 e. The van der Waals surface area contributed by atoms with E-state index in [1.807, 2.05) is 81.4 Å². The molecule has 4 rings (SSSR count). The monoisotopic (exact) mass is 635 g/mol. The molecule has 2 aromatic carbocycles. The van der Waals surface area contributed by atoms with Gasteiger partial charge in [-0.15, -0.1) is 0 Å². The molecule has 0 aromatic heterocycles. The van der Waals surface area contributed by atoms with Crippen LogP contribution >= 0.6 is 0 Å². The minimum atomic E-state index is -1.92. The van der Waals surface area contributed by atoms with Crippen LogP contribution in [0.4, 0.5) is 0 Å². The van der Waals surface area contributed by atoms with Crippen molar-refractivity contribution in [2.24, 2.45) is 17.3 Å². The molecule has 0 radical (unpaired) electrons. The van der Waals surface area contributed by atoms with Crippen molar-refractivity contribution in [2.75, 3.05) is 13.2 Å². The number of carbonyl (C=O) groups is 3. The summed E-state index contributed by atoms with van der Waals surface area (Å²) in [5, 5.41) is 2.06. The Morgan fingerprint density at radius 2 is 1.33 bits per heavy atom. The van der Waals surface area contributed by atoms with Crippen LogP contribution < -0.4 is 0 Å². The van der Waals surface area contributed by atoms with Gasteiger partial charge in [0.2, 0.25) is 0 Å². The second-order valence-electron chi connectivity index (χ2n) is 14.9. The van der Waals surface area contributed by atoms with Crippen LogP contribution in [0.5, 0.6) is 0 Å². The molecule has 0 N–H and O–H groups in total. The summed E-state index contributed by atoms with van der Waals surface area (Å²) in [6.07, 6.45) is 2.21. The van der Waals surface area contributed by atoms with Gasteiger partial charge in [-0.3, -0.25) is 19.2 Å². The van der Waals surface area contributed by atoms with Crippen molar-refractivity contribution >= 4 is 17.9 Å². The zero-order chi connectivity index (χ0) is 33.9. The van der Waals surface area contributed by atoms with Gasteiger partial charge in [-0.05, 0) is 99.1 Å². The normalized spacial score (nSPS) is 24.5. The fourth-order valence-corrected chi connectivity index (χ4v) is 7.80. The van der Waals surface area contributed by atoms with E-state index < -0.39 is 52.8 Å². The molecule has 1 aliphatic carbocycles. The summed E-state index contributed by atoms with van der Waals surface area (Å²) < 4.78 is 17.6. The van der Waals surface area contributed by atoms with Gasteiger partial charge in [0.05, 0.1) is 19.1 Å². The fraction of sp³-hybridized carbons (Fsp3) is 0.605. The van der Waals surface area contributed by atoms with Gasteiger partial charge >= 0.3 is 17.9 Å². The Morgan fingerprint density at radius 1 is 0.826 bits per heavy atom. The van der Waals surface area contributed by atoms with E-state index in [0.717, 1.165) is 24.8 Å². The van der Waals surface area contributed by atoms with E-state index in [1.54, 1.807) is 13.8 Å². The Kier molecular flexibility index (Phi) is 10.7. The number of nitrogens with zero attached hydrogens (tertiary/aromatic N) is 1. The van der Waals surface area contributed by atoms with Gasteiger partial charge in [0.1, 0.15) is 11.7 Å². The highest BCUT2D eigenvalue weighted by Crippen LogP contribution is 2.62. The number of hydrogen-bond donors (Lipinski definition) is 0. The van der Waals surface area contributed by atoms with Gasteiger partial charge in [-0.2, -0.15) is 5.06 Å². The lowest BCUT2D eigenvalue weighted by atomic mass is 9.65. The number of piperidine rings is 1. The maximum atomic E-state index is 14.7. The molecule has 46 heavy (non-hydrogen) atoms. The zero-order valence-corrected chi connectivity index (χ0v) is 29.1. The number of benzene rings is 2. The van der Waals surface area contributed by atoms with Crippen molar-refractivity contribution in [3.63, 3.8) is 0 Å². The largest absolute Gasteiger partial charge is 0.465 e.